The van der Waals surface area contributed by atoms with Crippen LogP contribution >= 0.6 is 11.8 Å². The highest BCUT2D eigenvalue weighted by Gasteiger charge is 2.08. The molecule has 0 aliphatic rings. The third-order valence-electron chi connectivity index (χ3n) is 2.40. The molecule has 2 aromatic rings. The molecule has 0 atom stereocenters. The minimum absolute atomic E-state index is 0.515. The molecule has 2 rings (SSSR count). The van der Waals surface area contributed by atoms with E-state index in [2.05, 4.69) is 10.2 Å². The first kappa shape index (κ1) is 13.9. The molecule has 0 radical (unpaired) electrons. The summed E-state index contributed by atoms with van der Waals surface area (Å²) in [6.07, 6.45) is 0. The lowest BCUT2D eigenvalue weighted by Crippen LogP contribution is -1.95. The van der Waals surface area contributed by atoms with E-state index < -0.39 is 0 Å². The topological polar surface area (TPSA) is 57.4 Å². The van der Waals surface area contributed by atoms with E-state index >= 15 is 0 Å². The van der Waals surface area contributed by atoms with Gasteiger partial charge in [0.25, 0.3) is 5.22 Å². The van der Waals surface area contributed by atoms with Crippen LogP contribution in [0.5, 0.6) is 5.75 Å². The molecule has 1 aromatic heterocycles. The van der Waals surface area contributed by atoms with Crippen molar-refractivity contribution >= 4 is 11.8 Å². The molecule has 0 amide bonds. The van der Waals surface area contributed by atoms with Crippen LogP contribution in [0.4, 0.5) is 0 Å². The monoisotopic (exact) mass is 280 g/mol. The number of methoxy groups -OCH3 is 1. The van der Waals surface area contributed by atoms with Gasteiger partial charge in [-0.1, -0.05) is 11.8 Å². The normalized spacial score (nSPS) is 10.6. The lowest BCUT2D eigenvalue weighted by atomic mass is 10.2. The van der Waals surface area contributed by atoms with E-state index in [1.165, 1.54) is 11.8 Å². The SMILES string of the molecule is CCOCCSc1nnc(-c2ccc(OC)cc2)o1. The summed E-state index contributed by atoms with van der Waals surface area (Å²) in [4.78, 5) is 0. The van der Waals surface area contributed by atoms with Crippen molar-refractivity contribution in [2.45, 2.75) is 12.1 Å². The molecular weight excluding hydrogens is 264 g/mol. The Bertz CT molecular complexity index is 499. The number of thioether (sulfide) groups is 1. The summed E-state index contributed by atoms with van der Waals surface area (Å²) in [5.41, 5.74) is 0.880. The number of hydrogen-bond acceptors (Lipinski definition) is 6. The van der Waals surface area contributed by atoms with E-state index in [0.717, 1.165) is 23.7 Å². The van der Waals surface area contributed by atoms with E-state index in [4.69, 9.17) is 13.9 Å². The molecule has 0 saturated carbocycles. The third kappa shape index (κ3) is 3.97. The summed E-state index contributed by atoms with van der Waals surface area (Å²) in [6.45, 7) is 3.38. The first-order chi connectivity index (χ1) is 9.33. The molecule has 102 valence electrons. The first-order valence-electron chi connectivity index (χ1n) is 6.02. The Hall–Kier alpha value is -1.53. The van der Waals surface area contributed by atoms with Crippen LogP contribution in [-0.4, -0.2) is 36.3 Å². The molecule has 0 saturated heterocycles. The molecular formula is C13H16N2O3S. The van der Waals surface area contributed by atoms with Crippen molar-refractivity contribution in [1.82, 2.24) is 10.2 Å². The van der Waals surface area contributed by atoms with Gasteiger partial charge in [-0.15, -0.1) is 10.2 Å². The Morgan fingerprint density at radius 2 is 2.00 bits per heavy atom. The van der Waals surface area contributed by atoms with E-state index in [9.17, 15) is 0 Å². The van der Waals surface area contributed by atoms with Crippen molar-refractivity contribution in [3.63, 3.8) is 0 Å². The van der Waals surface area contributed by atoms with Gasteiger partial charge in [-0.05, 0) is 31.2 Å². The van der Waals surface area contributed by atoms with Gasteiger partial charge < -0.3 is 13.9 Å². The average molecular weight is 280 g/mol. The van der Waals surface area contributed by atoms with Gasteiger partial charge in [0.1, 0.15) is 5.75 Å². The molecule has 0 aliphatic heterocycles. The second-order valence-corrected chi connectivity index (χ2v) is 4.69. The largest absolute Gasteiger partial charge is 0.497 e. The Balaban J connectivity index is 1.95. The number of hydrogen-bond donors (Lipinski definition) is 0. The van der Waals surface area contributed by atoms with Gasteiger partial charge in [-0.3, -0.25) is 0 Å². The smallest absolute Gasteiger partial charge is 0.276 e. The lowest BCUT2D eigenvalue weighted by Gasteiger charge is -1.99. The van der Waals surface area contributed by atoms with Gasteiger partial charge in [0, 0.05) is 17.9 Å². The number of aromatic nitrogens is 2. The van der Waals surface area contributed by atoms with Crippen LogP contribution in [0.3, 0.4) is 0 Å². The Labute approximate surface area is 116 Å². The molecule has 0 aliphatic carbocycles. The van der Waals surface area contributed by atoms with E-state index in [1.807, 2.05) is 31.2 Å². The fraction of sp³-hybridized carbons (Fsp3) is 0.385. The zero-order valence-corrected chi connectivity index (χ0v) is 11.8. The third-order valence-corrected chi connectivity index (χ3v) is 3.18. The maximum absolute atomic E-state index is 5.57. The molecule has 0 bridgehead atoms. The second-order valence-electron chi connectivity index (χ2n) is 3.65. The zero-order chi connectivity index (χ0) is 13.5. The maximum atomic E-state index is 5.57. The standard InChI is InChI=1S/C13H16N2O3S/c1-3-17-8-9-19-13-15-14-12(18-13)10-4-6-11(16-2)7-5-10/h4-7H,3,8-9H2,1-2H3. The van der Waals surface area contributed by atoms with E-state index in [-0.39, 0.29) is 0 Å². The highest BCUT2D eigenvalue weighted by molar-refractivity contribution is 7.99. The Morgan fingerprint density at radius 3 is 2.68 bits per heavy atom. The number of nitrogens with zero attached hydrogens (tertiary/aromatic N) is 2. The molecule has 1 heterocycles. The highest BCUT2D eigenvalue weighted by atomic mass is 32.2. The number of benzene rings is 1. The van der Waals surface area contributed by atoms with Gasteiger partial charge in [0.2, 0.25) is 5.89 Å². The summed E-state index contributed by atoms with van der Waals surface area (Å²) in [6, 6.07) is 7.50. The number of ether oxygens (including phenoxy) is 2. The number of rotatable bonds is 7. The first-order valence-corrected chi connectivity index (χ1v) is 7.00. The summed E-state index contributed by atoms with van der Waals surface area (Å²) < 4.78 is 15.9. The van der Waals surface area contributed by atoms with Crippen LogP contribution < -0.4 is 4.74 Å². The van der Waals surface area contributed by atoms with Crippen LogP contribution in [0.2, 0.25) is 0 Å². The van der Waals surface area contributed by atoms with Crippen molar-refractivity contribution in [2.24, 2.45) is 0 Å². The van der Waals surface area contributed by atoms with Crippen LogP contribution in [0.15, 0.2) is 33.9 Å². The highest BCUT2D eigenvalue weighted by Crippen LogP contribution is 2.24. The zero-order valence-electron chi connectivity index (χ0n) is 11.0. The van der Waals surface area contributed by atoms with Gasteiger partial charge in [-0.25, -0.2) is 0 Å². The predicted octanol–water partition coefficient (Wildman–Crippen LogP) is 2.87. The molecule has 19 heavy (non-hydrogen) atoms. The molecule has 0 fully saturated rings. The van der Waals surface area contributed by atoms with Gasteiger partial charge in [0.15, 0.2) is 0 Å². The summed E-state index contributed by atoms with van der Waals surface area (Å²) in [5.74, 6) is 2.12. The summed E-state index contributed by atoms with van der Waals surface area (Å²) >= 11 is 1.49. The van der Waals surface area contributed by atoms with Crippen molar-refractivity contribution in [2.75, 3.05) is 26.1 Å². The second kappa shape index (κ2) is 7.16. The van der Waals surface area contributed by atoms with Crippen LogP contribution in [0.1, 0.15) is 6.92 Å². The molecule has 5 nitrogen and oxygen atoms in total. The summed E-state index contributed by atoms with van der Waals surface area (Å²) in [7, 11) is 1.63. The minimum Gasteiger partial charge on any atom is -0.497 e. The van der Waals surface area contributed by atoms with Gasteiger partial charge in [-0.2, -0.15) is 0 Å². The lowest BCUT2D eigenvalue weighted by molar-refractivity contribution is 0.164. The fourth-order valence-corrected chi connectivity index (χ4v) is 2.06. The van der Waals surface area contributed by atoms with Crippen LogP contribution in [0, 0.1) is 0 Å². The van der Waals surface area contributed by atoms with Crippen molar-refractivity contribution in [1.29, 1.82) is 0 Å². The van der Waals surface area contributed by atoms with E-state index in [0.29, 0.717) is 17.7 Å². The van der Waals surface area contributed by atoms with Gasteiger partial charge >= 0.3 is 0 Å². The van der Waals surface area contributed by atoms with Gasteiger partial charge in [0.05, 0.1) is 13.7 Å². The van der Waals surface area contributed by atoms with Crippen molar-refractivity contribution < 1.29 is 13.9 Å². The van der Waals surface area contributed by atoms with Crippen LogP contribution in [-0.2, 0) is 4.74 Å². The maximum Gasteiger partial charge on any atom is 0.276 e. The molecule has 0 unspecified atom stereocenters. The predicted molar refractivity (Wildman–Crippen MR) is 73.5 cm³/mol. The fourth-order valence-electron chi connectivity index (χ4n) is 1.45. The summed E-state index contributed by atoms with van der Waals surface area (Å²) in [5, 5.41) is 8.57. The minimum atomic E-state index is 0.515. The molecule has 0 N–H and O–H groups in total. The van der Waals surface area contributed by atoms with Crippen LogP contribution in [0.25, 0.3) is 11.5 Å². The molecule has 1 aromatic carbocycles. The van der Waals surface area contributed by atoms with E-state index in [1.54, 1.807) is 7.11 Å². The molecule has 6 heteroatoms. The van der Waals surface area contributed by atoms with Crippen molar-refractivity contribution in [3.8, 4) is 17.2 Å². The molecule has 0 spiro atoms. The Morgan fingerprint density at radius 1 is 1.21 bits per heavy atom. The quantitative estimate of drug-likeness (QED) is 0.574. The van der Waals surface area contributed by atoms with Crippen molar-refractivity contribution in [3.05, 3.63) is 24.3 Å². The Kier molecular flexibility index (Phi) is 5.23. The average Bonchev–Trinajstić information content (AvgIpc) is 2.92.